The van der Waals surface area contributed by atoms with E-state index in [2.05, 4.69) is 55.9 Å². The van der Waals surface area contributed by atoms with Gasteiger partial charge in [0.25, 0.3) is 0 Å². The number of pyridine rings is 1. The van der Waals surface area contributed by atoms with E-state index in [0.29, 0.717) is 12.6 Å². The molecule has 2 N–H and O–H groups in total. The van der Waals surface area contributed by atoms with Crippen molar-refractivity contribution >= 4 is 5.96 Å². The number of fused-ring (bicyclic) bond motifs is 1. The minimum absolute atomic E-state index is 0.408. The number of guanidine groups is 1. The van der Waals surface area contributed by atoms with E-state index in [1.165, 1.54) is 11.1 Å². The third-order valence-electron chi connectivity index (χ3n) is 5.25. The van der Waals surface area contributed by atoms with Gasteiger partial charge in [-0.1, -0.05) is 30.3 Å². The molecule has 0 fully saturated rings. The average Bonchev–Trinajstić information content (AvgIpc) is 3.17. The van der Waals surface area contributed by atoms with Crippen LogP contribution in [0.2, 0.25) is 0 Å². The lowest BCUT2D eigenvalue weighted by atomic mass is 9.88. The van der Waals surface area contributed by atoms with Crippen LogP contribution < -0.4 is 10.6 Å². The SMILES string of the molecule is CN=C(NCc1ccc(-n2ccnc2C)nc1)NC1CCc2ccccc2C1. The van der Waals surface area contributed by atoms with Gasteiger partial charge in [0.05, 0.1) is 0 Å². The van der Waals surface area contributed by atoms with Crippen molar-refractivity contribution in [3.8, 4) is 5.82 Å². The first-order valence-corrected chi connectivity index (χ1v) is 9.72. The molecule has 2 heterocycles. The molecule has 3 aromatic rings. The topological polar surface area (TPSA) is 67.1 Å². The maximum absolute atomic E-state index is 4.55. The fourth-order valence-corrected chi connectivity index (χ4v) is 3.68. The van der Waals surface area contributed by atoms with E-state index in [0.717, 1.165) is 42.4 Å². The molecule has 144 valence electrons. The summed E-state index contributed by atoms with van der Waals surface area (Å²) in [4.78, 5) is 13.2. The molecule has 0 amide bonds. The summed E-state index contributed by atoms with van der Waals surface area (Å²) in [5.74, 6) is 2.64. The summed E-state index contributed by atoms with van der Waals surface area (Å²) >= 11 is 0. The van der Waals surface area contributed by atoms with Gasteiger partial charge in [0.15, 0.2) is 5.96 Å². The van der Waals surface area contributed by atoms with Crippen LogP contribution in [0.15, 0.2) is 60.0 Å². The Bertz CT molecular complexity index is 957. The smallest absolute Gasteiger partial charge is 0.191 e. The second kappa shape index (κ2) is 8.25. The molecule has 0 saturated carbocycles. The van der Waals surface area contributed by atoms with Crippen molar-refractivity contribution in [2.75, 3.05) is 7.05 Å². The van der Waals surface area contributed by atoms with Gasteiger partial charge < -0.3 is 10.6 Å². The Morgan fingerprint density at radius 2 is 2.04 bits per heavy atom. The number of hydrogen-bond donors (Lipinski definition) is 2. The number of aromatic nitrogens is 3. The number of hydrogen-bond acceptors (Lipinski definition) is 3. The molecule has 4 rings (SSSR count). The molecule has 0 saturated heterocycles. The van der Waals surface area contributed by atoms with Crippen molar-refractivity contribution in [2.24, 2.45) is 4.99 Å². The van der Waals surface area contributed by atoms with Crippen LogP contribution in [0.25, 0.3) is 5.82 Å². The quantitative estimate of drug-likeness (QED) is 0.544. The fraction of sp³-hybridized carbons (Fsp3) is 0.318. The van der Waals surface area contributed by atoms with Gasteiger partial charge in [0.2, 0.25) is 0 Å². The predicted molar refractivity (Wildman–Crippen MR) is 112 cm³/mol. The normalized spacial score (nSPS) is 16.5. The van der Waals surface area contributed by atoms with Crippen molar-refractivity contribution in [3.05, 3.63) is 77.5 Å². The molecule has 1 aliphatic carbocycles. The highest BCUT2D eigenvalue weighted by molar-refractivity contribution is 5.80. The monoisotopic (exact) mass is 374 g/mol. The first-order valence-electron chi connectivity index (χ1n) is 9.72. The summed E-state index contributed by atoms with van der Waals surface area (Å²) < 4.78 is 1.97. The van der Waals surface area contributed by atoms with Gasteiger partial charge in [-0.15, -0.1) is 0 Å². The van der Waals surface area contributed by atoms with Gasteiger partial charge in [0, 0.05) is 38.2 Å². The summed E-state index contributed by atoms with van der Waals surface area (Å²) in [6, 6.07) is 13.2. The second-order valence-corrected chi connectivity index (χ2v) is 7.15. The van der Waals surface area contributed by atoms with Crippen LogP contribution in [0.1, 0.15) is 28.9 Å². The first-order chi connectivity index (χ1) is 13.7. The van der Waals surface area contributed by atoms with Crippen LogP contribution in [0, 0.1) is 6.92 Å². The third kappa shape index (κ3) is 4.06. The van der Waals surface area contributed by atoms with Gasteiger partial charge in [-0.2, -0.15) is 0 Å². The lowest BCUT2D eigenvalue weighted by Crippen LogP contribution is -2.45. The summed E-state index contributed by atoms with van der Waals surface area (Å²) in [5, 5.41) is 6.97. The summed E-state index contributed by atoms with van der Waals surface area (Å²) in [7, 11) is 1.81. The zero-order valence-electron chi connectivity index (χ0n) is 16.4. The van der Waals surface area contributed by atoms with Crippen LogP contribution >= 0.6 is 0 Å². The van der Waals surface area contributed by atoms with E-state index >= 15 is 0 Å². The van der Waals surface area contributed by atoms with Gasteiger partial charge in [0.1, 0.15) is 11.6 Å². The molecule has 1 aromatic carbocycles. The van der Waals surface area contributed by atoms with Crippen molar-refractivity contribution in [2.45, 2.75) is 38.8 Å². The lowest BCUT2D eigenvalue weighted by molar-refractivity contribution is 0.520. The van der Waals surface area contributed by atoms with Crippen LogP contribution in [0.3, 0.4) is 0 Å². The third-order valence-corrected chi connectivity index (χ3v) is 5.25. The van der Waals surface area contributed by atoms with E-state index in [1.807, 2.05) is 37.0 Å². The Morgan fingerprint density at radius 3 is 2.75 bits per heavy atom. The maximum Gasteiger partial charge on any atom is 0.191 e. The average molecular weight is 374 g/mol. The predicted octanol–water partition coefficient (Wildman–Crippen LogP) is 2.80. The molecular formula is C22H26N6. The minimum Gasteiger partial charge on any atom is -0.353 e. The maximum atomic E-state index is 4.55. The Kier molecular flexibility index (Phi) is 5.37. The van der Waals surface area contributed by atoms with Gasteiger partial charge in [-0.25, -0.2) is 9.97 Å². The van der Waals surface area contributed by atoms with Gasteiger partial charge in [-0.3, -0.25) is 9.56 Å². The van der Waals surface area contributed by atoms with E-state index in [-0.39, 0.29) is 0 Å². The number of nitrogens with zero attached hydrogens (tertiary/aromatic N) is 4. The van der Waals surface area contributed by atoms with Crippen molar-refractivity contribution in [1.29, 1.82) is 0 Å². The molecule has 0 radical (unpaired) electrons. The minimum atomic E-state index is 0.408. The summed E-state index contributed by atoms with van der Waals surface area (Å²) in [6.45, 7) is 2.65. The Morgan fingerprint density at radius 1 is 1.18 bits per heavy atom. The number of aryl methyl sites for hydroxylation is 2. The first kappa shape index (κ1) is 18.2. The molecule has 1 atom stereocenters. The highest BCUT2D eigenvalue weighted by Gasteiger charge is 2.18. The highest BCUT2D eigenvalue weighted by Crippen LogP contribution is 2.20. The summed E-state index contributed by atoms with van der Waals surface area (Å²) in [6.07, 6.45) is 8.88. The largest absolute Gasteiger partial charge is 0.353 e. The number of imidazole rings is 1. The van der Waals surface area contributed by atoms with E-state index in [9.17, 15) is 0 Å². The Labute approximate surface area is 165 Å². The zero-order valence-corrected chi connectivity index (χ0v) is 16.4. The van der Waals surface area contributed by atoms with E-state index < -0.39 is 0 Å². The number of nitrogens with one attached hydrogen (secondary N) is 2. The molecule has 28 heavy (non-hydrogen) atoms. The highest BCUT2D eigenvalue weighted by atomic mass is 15.2. The van der Waals surface area contributed by atoms with Crippen LogP contribution in [-0.2, 0) is 19.4 Å². The molecule has 6 nitrogen and oxygen atoms in total. The summed E-state index contributed by atoms with van der Waals surface area (Å²) in [5.41, 5.74) is 4.03. The fourth-order valence-electron chi connectivity index (χ4n) is 3.68. The number of aliphatic imine (C=N–C) groups is 1. The number of benzene rings is 1. The number of rotatable bonds is 4. The van der Waals surface area contributed by atoms with E-state index in [4.69, 9.17) is 0 Å². The van der Waals surface area contributed by atoms with Crippen LogP contribution in [0.5, 0.6) is 0 Å². The van der Waals surface area contributed by atoms with Gasteiger partial charge >= 0.3 is 0 Å². The Balaban J connectivity index is 1.33. The van der Waals surface area contributed by atoms with E-state index in [1.54, 1.807) is 6.20 Å². The van der Waals surface area contributed by atoms with Crippen molar-refractivity contribution in [1.82, 2.24) is 25.2 Å². The molecule has 2 aromatic heterocycles. The molecular weight excluding hydrogens is 348 g/mol. The van der Waals surface area contributed by atoms with Crippen LogP contribution in [-0.4, -0.2) is 33.6 Å². The molecule has 1 unspecified atom stereocenters. The van der Waals surface area contributed by atoms with Crippen molar-refractivity contribution in [3.63, 3.8) is 0 Å². The molecule has 0 aliphatic heterocycles. The van der Waals surface area contributed by atoms with Gasteiger partial charge in [-0.05, 0) is 48.9 Å². The molecule has 0 spiro atoms. The molecule has 1 aliphatic rings. The molecule has 0 bridgehead atoms. The molecule has 6 heteroatoms. The second-order valence-electron chi connectivity index (χ2n) is 7.15. The van der Waals surface area contributed by atoms with Crippen molar-refractivity contribution < 1.29 is 0 Å². The zero-order chi connectivity index (χ0) is 19.3. The Hall–Kier alpha value is -3.15. The standard InChI is InChI=1S/C22H26N6/c1-16-24-11-12-28(16)21-10-7-17(14-25-21)15-26-22(23-2)27-20-9-8-18-5-3-4-6-19(18)13-20/h3-7,10-12,14,20H,8-9,13,15H2,1-2H3,(H2,23,26,27). The van der Waals surface area contributed by atoms with Crippen LogP contribution in [0.4, 0.5) is 0 Å². The lowest BCUT2D eigenvalue weighted by Gasteiger charge is -2.27.